The highest BCUT2D eigenvalue weighted by Crippen LogP contribution is 2.14. The summed E-state index contributed by atoms with van der Waals surface area (Å²) < 4.78 is 0. The Bertz CT molecular complexity index is 240. The minimum Gasteiger partial charge on any atom is -0.481 e. The monoisotopic (exact) mass is 213 g/mol. The molecule has 1 fully saturated rings. The topological polar surface area (TPSA) is 57.6 Å². The normalized spacial score (nSPS) is 19.0. The summed E-state index contributed by atoms with van der Waals surface area (Å²) in [7, 11) is 0. The van der Waals surface area contributed by atoms with Crippen LogP contribution in [0.4, 0.5) is 0 Å². The van der Waals surface area contributed by atoms with Gasteiger partial charge in [-0.1, -0.05) is 6.92 Å². The lowest BCUT2D eigenvalue weighted by Gasteiger charge is -2.27. The molecule has 1 rings (SSSR count). The minimum absolute atomic E-state index is 0.150. The van der Waals surface area contributed by atoms with Crippen LogP contribution >= 0.6 is 0 Å². The van der Waals surface area contributed by atoms with Crippen LogP contribution in [-0.2, 0) is 9.59 Å². The van der Waals surface area contributed by atoms with Crippen molar-refractivity contribution in [1.29, 1.82) is 0 Å². The van der Waals surface area contributed by atoms with E-state index in [0.29, 0.717) is 13.0 Å². The fraction of sp³-hybridized carbons (Fsp3) is 0.818. The number of carboxylic acids is 1. The van der Waals surface area contributed by atoms with Gasteiger partial charge in [0.15, 0.2) is 0 Å². The van der Waals surface area contributed by atoms with Gasteiger partial charge in [0.1, 0.15) is 0 Å². The molecule has 0 saturated carbocycles. The smallest absolute Gasteiger partial charge is 0.303 e. The van der Waals surface area contributed by atoms with E-state index in [-0.39, 0.29) is 18.2 Å². The van der Waals surface area contributed by atoms with Crippen LogP contribution in [0.3, 0.4) is 0 Å². The highest BCUT2D eigenvalue weighted by atomic mass is 16.4. The first-order valence-electron chi connectivity index (χ1n) is 5.59. The maximum Gasteiger partial charge on any atom is 0.303 e. The second kappa shape index (κ2) is 5.73. The summed E-state index contributed by atoms with van der Waals surface area (Å²) >= 11 is 0. The summed E-state index contributed by atoms with van der Waals surface area (Å²) in [5, 5.41) is 8.59. The van der Waals surface area contributed by atoms with Crippen molar-refractivity contribution in [3.63, 3.8) is 0 Å². The first-order chi connectivity index (χ1) is 7.09. The molecule has 1 aliphatic rings. The van der Waals surface area contributed by atoms with Crippen molar-refractivity contribution in [1.82, 2.24) is 4.90 Å². The third-order valence-corrected chi connectivity index (χ3v) is 2.84. The number of aliphatic carboxylic acids is 1. The second-order valence-corrected chi connectivity index (χ2v) is 4.33. The zero-order chi connectivity index (χ0) is 11.3. The molecule has 1 unspecified atom stereocenters. The van der Waals surface area contributed by atoms with Crippen LogP contribution in [0, 0.1) is 5.92 Å². The molecule has 1 heterocycles. The van der Waals surface area contributed by atoms with E-state index in [1.54, 1.807) is 0 Å². The third kappa shape index (κ3) is 4.32. The first-order valence-corrected chi connectivity index (χ1v) is 5.59. The molecule has 4 heteroatoms. The van der Waals surface area contributed by atoms with Gasteiger partial charge in [-0.05, 0) is 25.2 Å². The van der Waals surface area contributed by atoms with E-state index in [0.717, 1.165) is 25.8 Å². The molecule has 0 bridgehead atoms. The Balaban J connectivity index is 2.23. The zero-order valence-electron chi connectivity index (χ0n) is 9.24. The Morgan fingerprint density at radius 2 is 2.27 bits per heavy atom. The number of nitrogens with zero attached hydrogens (tertiary/aromatic N) is 1. The molecule has 0 aliphatic carbocycles. The Hall–Kier alpha value is -1.06. The molecule has 4 nitrogen and oxygen atoms in total. The number of carboxylic acid groups (broad SMARTS) is 1. The van der Waals surface area contributed by atoms with E-state index in [1.807, 2.05) is 11.8 Å². The van der Waals surface area contributed by atoms with E-state index >= 15 is 0 Å². The Kier molecular flexibility index (Phi) is 4.59. The molecule has 0 spiro atoms. The van der Waals surface area contributed by atoms with Crippen molar-refractivity contribution in [3.05, 3.63) is 0 Å². The fourth-order valence-corrected chi connectivity index (χ4v) is 1.87. The Morgan fingerprint density at radius 3 is 2.87 bits per heavy atom. The molecule has 0 aromatic carbocycles. The predicted octanol–water partition coefficient (Wildman–Crippen LogP) is 1.50. The third-order valence-electron chi connectivity index (χ3n) is 2.84. The van der Waals surface area contributed by atoms with E-state index < -0.39 is 5.97 Å². The number of carbonyl (C=O) groups excluding carboxylic acids is 1. The van der Waals surface area contributed by atoms with Crippen molar-refractivity contribution in [2.24, 2.45) is 5.92 Å². The second-order valence-electron chi connectivity index (χ2n) is 4.33. The average molecular weight is 213 g/mol. The largest absolute Gasteiger partial charge is 0.481 e. The summed E-state index contributed by atoms with van der Waals surface area (Å²) in [6.45, 7) is 3.48. The average Bonchev–Trinajstić information content (AvgIpc) is 2.15. The number of carbonyl (C=O) groups is 2. The van der Waals surface area contributed by atoms with Crippen molar-refractivity contribution >= 4 is 11.9 Å². The number of hydrogen-bond donors (Lipinski definition) is 1. The number of amides is 1. The van der Waals surface area contributed by atoms with Crippen LogP contribution < -0.4 is 0 Å². The van der Waals surface area contributed by atoms with E-state index in [1.165, 1.54) is 0 Å². The lowest BCUT2D eigenvalue weighted by atomic mass is 10.0. The maximum atomic E-state index is 11.4. The molecule has 1 atom stereocenters. The molecular formula is C11H19NO3. The maximum absolute atomic E-state index is 11.4. The molecule has 0 aromatic heterocycles. The van der Waals surface area contributed by atoms with Gasteiger partial charge in [0, 0.05) is 25.9 Å². The van der Waals surface area contributed by atoms with Gasteiger partial charge in [-0.25, -0.2) is 0 Å². The van der Waals surface area contributed by atoms with Crippen LogP contribution in [0.25, 0.3) is 0 Å². The molecule has 1 amide bonds. The molecule has 1 N–H and O–H groups in total. The van der Waals surface area contributed by atoms with Crippen molar-refractivity contribution in [2.45, 2.75) is 39.0 Å². The molecule has 1 saturated heterocycles. The minimum atomic E-state index is -0.757. The van der Waals surface area contributed by atoms with Crippen molar-refractivity contribution < 1.29 is 14.7 Å². The van der Waals surface area contributed by atoms with Gasteiger partial charge in [-0.2, -0.15) is 0 Å². The van der Waals surface area contributed by atoms with Crippen LogP contribution in [-0.4, -0.2) is 35.0 Å². The van der Waals surface area contributed by atoms with Gasteiger partial charge in [-0.3, -0.25) is 9.59 Å². The number of hydrogen-bond acceptors (Lipinski definition) is 2. The van der Waals surface area contributed by atoms with E-state index in [2.05, 4.69) is 0 Å². The van der Waals surface area contributed by atoms with E-state index in [4.69, 9.17) is 5.11 Å². The summed E-state index contributed by atoms with van der Waals surface area (Å²) in [5.74, 6) is -0.381. The number of rotatable bonds is 5. The molecule has 15 heavy (non-hydrogen) atoms. The first kappa shape index (κ1) is 12.0. The van der Waals surface area contributed by atoms with Gasteiger partial charge < -0.3 is 10.0 Å². The van der Waals surface area contributed by atoms with Crippen molar-refractivity contribution in [2.75, 3.05) is 13.1 Å². The molecular weight excluding hydrogens is 194 g/mol. The quantitative estimate of drug-likeness (QED) is 0.753. The summed E-state index contributed by atoms with van der Waals surface area (Å²) in [4.78, 5) is 23.7. The van der Waals surface area contributed by atoms with Crippen molar-refractivity contribution in [3.8, 4) is 0 Å². The Morgan fingerprint density at radius 1 is 1.53 bits per heavy atom. The van der Waals surface area contributed by atoms with Gasteiger partial charge in [0.25, 0.3) is 0 Å². The SMILES string of the molecule is CC(CCN1CCCCC1=O)CC(=O)O. The molecule has 86 valence electrons. The molecule has 1 aliphatic heterocycles. The number of likely N-dealkylation sites (tertiary alicyclic amines) is 1. The fourth-order valence-electron chi connectivity index (χ4n) is 1.87. The molecule has 0 radical (unpaired) electrons. The molecule has 0 aromatic rings. The Labute approximate surface area is 90.3 Å². The lowest BCUT2D eigenvalue weighted by Crippen LogP contribution is -2.36. The van der Waals surface area contributed by atoms with Crippen LogP contribution in [0.1, 0.15) is 39.0 Å². The van der Waals surface area contributed by atoms with Gasteiger partial charge in [0.2, 0.25) is 5.91 Å². The highest BCUT2D eigenvalue weighted by molar-refractivity contribution is 5.76. The van der Waals surface area contributed by atoms with E-state index in [9.17, 15) is 9.59 Å². The van der Waals surface area contributed by atoms with Crippen LogP contribution in [0.5, 0.6) is 0 Å². The highest BCUT2D eigenvalue weighted by Gasteiger charge is 2.18. The standard InChI is InChI=1S/C11H19NO3/c1-9(8-11(14)15)5-7-12-6-3-2-4-10(12)13/h9H,2-8H2,1H3,(H,14,15). The lowest BCUT2D eigenvalue weighted by molar-refractivity contribution is -0.138. The summed E-state index contributed by atoms with van der Waals surface area (Å²) in [5.41, 5.74) is 0. The zero-order valence-corrected chi connectivity index (χ0v) is 9.24. The van der Waals surface area contributed by atoms with Gasteiger partial charge in [0.05, 0.1) is 0 Å². The van der Waals surface area contributed by atoms with Gasteiger partial charge in [-0.15, -0.1) is 0 Å². The van der Waals surface area contributed by atoms with Crippen LogP contribution in [0.15, 0.2) is 0 Å². The summed E-state index contributed by atoms with van der Waals surface area (Å²) in [6, 6.07) is 0. The van der Waals surface area contributed by atoms with Crippen LogP contribution in [0.2, 0.25) is 0 Å². The predicted molar refractivity (Wildman–Crippen MR) is 56.5 cm³/mol. The van der Waals surface area contributed by atoms with Gasteiger partial charge >= 0.3 is 5.97 Å². The summed E-state index contributed by atoms with van der Waals surface area (Å²) in [6.07, 6.45) is 3.73. The number of piperidine rings is 1.